The van der Waals surface area contributed by atoms with E-state index in [4.69, 9.17) is 4.99 Å². The van der Waals surface area contributed by atoms with Crippen molar-refractivity contribution in [2.75, 3.05) is 19.6 Å². The SMILES string of the molecule is Cc1cc(C2=NCc3cc4c(cc32)CN([C@@H]2CN(CC(F)(F)F)C[C@H]2c2ccccc2F)C(=O)C4)ccn1. The standard InChI is InChI=1S/C29H26F4N4O/c1-17-8-18(6-7-34-17)28-23-10-21-13-37(27(38)11-19(21)9-20(23)12-35-28)26-15-36(16-29(31,32)33)14-24(26)22-4-2-3-5-25(22)30/h2-10,24,26H,11-16H2,1H3/t24-,26+/m0/s1. The summed E-state index contributed by atoms with van der Waals surface area (Å²) in [5.74, 6) is -1.18. The highest BCUT2D eigenvalue weighted by molar-refractivity contribution is 6.15. The molecule has 1 fully saturated rings. The summed E-state index contributed by atoms with van der Waals surface area (Å²) in [6.45, 7) is 1.69. The van der Waals surface area contributed by atoms with Crippen LogP contribution in [0.25, 0.3) is 0 Å². The number of hydrogen-bond acceptors (Lipinski definition) is 4. The van der Waals surface area contributed by atoms with Crippen molar-refractivity contribution in [2.24, 2.45) is 4.99 Å². The Balaban J connectivity index is 1.33. The predicted molar refractivity (Wildman–Crippen MR) is 134 cm³/mol. The van der Waals surface area contributed by atoms with Crippen LogP contribution in [0.4, 0.5) is 17.6 Å². The molecule has 0 bridgehead atoms. The van der Waals surface area contributed by atoms with E-state index < -0.39 is 30.5 Å². The summed E-state index contributed by atoms with van der Waals surface area (Å²) in [4.78, 5) is 25.3. The van der Waals surface area contributed by atoms with E-state index in [1.165, 1.54) is 11.0 Å². The number of aliphatic imine (C=N–C) groups is 1. The Morgan fingerprint density at radius 1 is 1.03 bits per heavy atom. The van der Waals surface area contributed by atoms with Gasteiger partial charge in [0, 0.05) is 48.6 Å². The summed E-state index contributed by atoms with van der Waals surface area (Å²) in [6, 6.07) is 13.6. The number of nitrogens with zero attached hydrogens (tertiary/aromatic N) is 4. The molecule has 9 heteroatoms. The molecule has 1 saturated heterocycles. The van der Waals surface area contributed by atoms with E-state index in [2.05, 4.69) is 11.1 Å². The Labute approximate surface area is 217 Å². The molecule has 0 radical (unpaired) electrons. The van der Waals surface area contributed by atoms with E-state index in [9.17, 15) is 22.4 Å². The molecule has 1 aromatic heterocycles. The first-order valence-corrected chi connectivity index (χ1v) is 12.6. The molecule has 3 aliphatic heterocycles. The summed E-state index contributed by atoms with van der Waals surface area (Å²) in [7, 11) is 0. The fourth-order valence-corrected chi connectivity index (χ4v) is 6.08. The van der Waals surface area contributed by atoms with Crippen LogP contribution in [0.2, 0.25) is 0 Å². The number of hydrogen-bond donors (Lipinski definition) is 0. The van der Waals surface area contributed by atoms with Crippen molar-refractivity contribution in [2.45, 2.75) is 44.6 Å². The van der Waals surface area contributed by atoms with Crippen molar-refractivity contribution in [1.82, 2.24) is 14.8 Å². The number of carbonyl (C=O) groups is 1. The molecule has 5 nitrogen and oxygen atoms in total. The van der Waals surface area contributed by atoms with E-state index in [0.717, 1.165) is 39.2 Å². The number of aromatic nitrogens is 1. The Kier molecular flexibility index (Phi) is 6.06. The number of rotatable bonds is 4. The van der Waals surface area contributed by atoms with Crippen LogP contribution >= 0.6 is 0 Å². The molecule has 0 N–H and O–H groups in total. The topological polar surface area (TPSA) is 48.8 Å². The van der Waals surface area contributed by atoms with Crippen LogP contribution < -0.4 is 0 Å². The molecule has 1 amide bonds. The van der Waals surface area contributed by atoms with Gasteiger partial charge in [0.05, 0.1) is 31.3 Å². The lowest BCUT2D eigenvalue weighted by Gasteiger charge is -2.37. The van der Waals surface area contributed by atoms with Crippen LogP contribution in [0.3, 0.4) is 0 Å². The molecule has 2 atom stereocenters. The van der Waals surface area contributed by atoms with Crippen molar-refractivity contribution in [1.29, 1.82) is 0 Å². The molecule has 0 spiro atoms. The maximum Gasteiger partial charge on any atom is 0.401 e. The van der Waals surface area contributed by atoms with Gasteiger partial charge in [0.2, 0.25) is 5.91 Å². The van der Waals surface area contributed by atoms with Gasteiger partial charge in [0.25, 0.3) is 0 Å². The zero-order valence-corrected chi connectivity index (χ0v) is 20.8. The number of likely N-dealkylation sites (tertiary alicyclic amines) is 1. The summed E-state index contributed by atoms with van der Waals surface area (Å²) in [6.07, 6.45) is -2.47. The molecular formula is C29H26F4N4O. The average Bonchev–Trinajstić information content (AvgIpc) is 3.45. The third-order valence-corrected chi connectivity index (χ3v) is 7.73. The Morgan fingerprint density at radius 2 is 1.84 bits per heavy atom. The number of benzene rings is 2. The summed E-state index contributed by atoms with van der Waals surface area (Å²) in [5, 5.41) is 0. The molecule has 196 valence electrons. The van der Waals surface area contributed by atoms with Crippen molar-refractivity contribution in [3.05, 3.63) is 99.6 Å². The molecule has 2 aromatic carbocycles. The minimum absolute atomic E-state index is 0.0319. The zero-order valence-electron chi connectivity index (χ0n) is 20.8. The Bertz CT molecular complexity index is 1450. The monoisotopic (exact) mass is 522 g/mol. The first kappa shape index (κ1) is 24.7. The number of pyridine rings is 1. The van der Waals surface area contributed by atoms with Gasteiger partial charge in [-0.1, -0.05) is 24.3 Å². The number of halogens is 4. The number of aryl methyl sites for hydroxylation is 1. The van der Waals surface area contributed by atoms with Crippen LogP contribution in [-0.2, 0) is 24.3 Å². The third-order valence-electron chi connectivity index (χ3n) is 7.73. The van der Waals surface area contributed by atoms with Gasteiger partial charge in [0.1, 0.15) is 5.82 Å². The van der Waals surface area contributed by atoms with Gasteiger partial charge in [-0.3, -0.25) is 19.7 Å². The van der Waals surface area contributed by atoms with Crippen LogP contribution in [0.5, 0.6) is 0 Å². The van der Waals surface area contributed by atoms with Gasteiger partial charge in [0.15, 0.2) is 0 Å². The van der Waals surface area contributed by atoms with Gasteiger partial charge < -0.3 is 4.90 Å². The molecule has 3 aromatic rings. The average molecular weight is 523 g/mol. The number of fused-ring (bicyclic) bond motifs is 2. The molecular weight excluding hydrogens is 496 g/mol. The first-order valence-electron chi connectivity index (χ1n) is 12.6. The van der Waals surface area contributed by atoms with E-state index >= 15 is 0 Å². The molecule has 38 heavy (non-hydrogen) atoms. The summed E-state index contributed by atoms with van der Waals surface area (Å²) in [5.41, 5.74) is 6.99. The zero-order chi connectivity index (χ0) is 26.6. The molecule has 0 unspecified atom stereocenters. The minimum atomic E-state index is -4.38. The fourth-order valence-electron chi connectivity index (χ4n) is 6.08. The highest BCUT2D eigenvalue weighted by Gasteiger charge is 2.45. The van der Waals surface area contributed by atoms with Crippen LogP contribution in [0.1, 0.15) is 45.0 Å². The molecule has 4 heterocycles. The lowest BCUT2D eigenvalue weighted by atomic mass is 9.88. The van der Waals surface area contributed by atoms with Gasteiger partial charge in [-0.25, -0.2) is 4.39 Å². The van der Waals surface area contributed by atoms with E-state index in [-0.39, 0.29) is 32.0 Å². The van der Waals surface area contributed by atoms with E-state index in [0.29, 0.717) is 12.1 Å². The quantitative estimate of drug-likeness (QED) is 0.463. The number of amides is 1. The highest BCUT2D eigenvalue weighted by atomic mass is 19.4. The Morgan fingerprint density at radius 3 is 2.61 bits per heavy atom. The maximum absolute atomic E-state index is 14.8. The van der Waals surface area contributed by atoms with Crippen LogP contribution in [0, 0.1) is 12.7 Å². The molecule has 6 rings (SSSR count). The minimum Gasteiger partial charge on any atom is -0.333 e. The Hall–Kier alpha value is -3.59. The van der Waals surface area contributed by atoms with Crippen LogP contribution in [0.15, 0.2) is 59.7 Å². The van der Waals surface area contributed by atoms with E-state index in [1.54, 1.807) is 29.3 Å². The van der Waals surface area contributed by atoms with Gasteiger partial charge in [-0.15, -0.1) is 0 Å². The van der Waals surface area contributed by atoms with Gasteiger partial charge >= 0.3 is 6.18 Å². The lowest BCUT2D eigenvalue weighted by Crippen LogP contribution is -2.47. The second-order valence-corrected chi connectivity index (χ2v) is 10.3. The third kappa shape index (κ3) is 4.60. The molecule has 0 aliphatic carbocycles. The number of carbonyl (C=O) groups excluding carboxylic acids is 1. The molecule has 3 aliphatic rings. The number of alkyl halides is 3. The smallest absolute Gasteiger partial charge is 0.333 e. The van der Waals surface area contributed by atoms with Crippen molar-refractivity contribution < 1.29 is 22.4 Å². The van der Waals surface area contributed by atoms with Gasteiger partial charge in [-0.2, -0.15) is 13.2 Å². The fraction of sp³-hybridized carbons (Fsp3) is 0.345. The second kappa shape index (κ2) is 9.31. The van der Waals surface area contributed by atoms with Crippen molar-refractivity contribution in [3.8, 4) is 0 Å². The highest BCUT2D eigenvalue weighted by Crippen LogP contribution is 2.38. The van der Waals surface area contributed by atoms with Crippen LogP contribution in [-0.4, -0.2) is 58.3 Å². The largest absolute Gasteiger partial charge is 0.401 e. The normalized spacial score (nSPS) is 21.4. The summed E-state index contributed by atoms with van der Waals surface area (Å²) < 4.78 is 54.6. The second-order valence-electron chi connectivity index (χ2n) is 10.3. The van der Waals surface area contributed by atoms with Crippen molar-refractivity contribution >= 4 is 11.6 Å². The first-order chi connectivity index (χ1) is 18.2. The molecule has 0 saturated carbocycles. The van der Waals surface area contributed by atoms with Crippen molar-refractivity contribution in [3.63, 3.8) is 0 Å². The lowest BCUT2D eigenvalue weighted by molar-refractivity contribution is -0.144. The predicted octanol–water partition coefficient (Wildman–Crippen LogP) is 4.80. The summed E-state index contributed by atoms with van der Waals surface area (Å²) >= 11 is 0. The van der Waals surface area contributed by atoms with E-state index in [1.807, 2.05) is 25.1 Å². The van der Waals surface area contributed by atoms with Gasteiger partial charge in [-0.05, 0) is 53.4 Å². The maximum atomic E-state index is 14.8.